The summed E-state index contributed by atoms with van der Waals surface area (Å²) >= 11 is 0. The molecule has 8 nitrogen and oxygen atoms in total. The molecule has 1 aromatic carbocycles. The minimum atomic E-state index is -1.14. The molecular formula is C31H45N5O3Si. The molecule has 216 valence electrons. The van der Waals surface area contributed by atoms with E-state index in [1.54, 1.807) is 4.90 Å². The first-order valence-corrected chi connectivity index (χ1v) is 18.7. The highest BCUT2D eigenvalue weighted by molar-refractivity contribution is 6.76. The molecule has 1 aliphatic heterocycles. The molecule has 1 saturated heterocycles. The number of amides is 1. The molecule has 0 unspecified atom stereocenters. The second-order valence-corrected chi connectivity index (χ2v) is 19.6. The van der Waals surface area contributed by atoms with Crippen molar-refractivity contribution in [3.8, 4) is 11.5 Å². The Kier molecular flexibility index (Phi) is 7.20. The van der Waals surface area contributed by atoms with Gasteiger partial charge in [-0.2, -0.15) is 5.10 Å². The average Bonchev–Trinajstić information content (AvgIpc) is 3.24. The molecule has 6 rings (SSSR count). The summed E-state index contributed by atoms with van der Waals surface area (Å²) in [6.07, 6.45) is 5.29. The van der Waals surface area contributed by atoms with Crippen LogP contribution >= 0.6 is 0 Å². The van der Waals surface area contributed by atoms with Crippen molar-refractivity contribution in [3.63, 3.8) is 0 Å². The number of rotatable bonds is 9. The Balaban J connectivity index is 1.24. The lowest BCUT2D eigenvalue weighted by molar-refractivity contribution is -0.124. The van der Waals surface area contributed by atoms with Crippen molar-refractivity contribution in [1.82, 2.24) is 19.7 Å². The van der Waals surface area contributed by atoms with Gasteiger partial charge < -0.3 is 19.4 Å². The van der Waals surface area contributed by atoms with Crippen LogP contribution in [-0.2, 0) is 33.8 Å². The molecule has 3 aliphatic rings. The fourth-order valence-corrected chi connectivity index (χ4v) is 7.37. The van der Waals surface area contributed by atoms with E-state index in [-0.39, 0.29) is 11.8 Å². The predicted molar refractivity (Wildman–Crippen MR) is 161 cm³/mol. The largest absolute Gasteiger partial charge is 0.381 e. The van der Waals surface area contributed by atoms with Gasteiger partial charge in [-0.1, -0.05) is 33.5 Å². The van der Waals surface area contributed by atoms with E-state index in [1.165, 1.54) is 17.7 Å². The Hall–Kier alpha value is -2.49. The lowest BCUT2D eigenvalue weighted by Gasteiger charge is -2.30. The Morgan fingerprint density at radius 3 is 2.83 bits per heavy atom. The van der Waals surface area contributed by atoms with Crippen LogP contribution < -0.4 is 4.90 Å². The molecular weight excluding hydrogens is 518 g/mol. The number of aromatic amines is 1. The van der Waals surface area contributed by atoms with Gasteiger partial charge in [-0.3, -0.25) is 4.79 Å². The minimum absolute atomic E-state index is 0.0292. The molecule has 0 bridgehead atoms. The van der Waals surface area contributed by atoms with Crippen LogP contribution in [0.5, 0.6) is 0 Å². The Morgan fingerprint density at radius 2 is 2.08 bits per heavy atom. The number of ether oxygens (including phenoxy) is 2. The molecule has 2 fully saturated rings. The fraction of sp³-hybridized carbons (Fsp3) is 0.645. The third kappa shape index (κ3) is 5.40. The number of benzene rings is 1. The number of anilines is 1. The third-order valence-electron chi connectivity index (χ3n) is 9.71. The normalized spacial score (nSPS) is 23.6. The van der Waals surface area contributed by atoms with Gasteiger partial charge >= 0.3 is 0 Å². The monoisotopic (exact) mass is 563 g/mol. The summed E-state index contributed by atoms with van der Waals surface area (Å²) in [6.45, 7) is 14.4. The molecule has 2 aromatic heterocycles. The highest BCUT2D eigenvalue weighted by Crippen LogP contribution is 2.60. The van der Waals surface area contributed by atoms with Gasteiger partial charge in [0.15, 0.2) is 5.82 Å². The van der Waals surface area contributed by atoms with Gasteiger partial charge in [0.25, 0.3) is 0 Å². The van der Waals surface area contributed by atoms with E-state index < -0.39 is 8.07 Å². The molecule has 3 heterocycles. The number of fused-ring (bicyclic) bond motifs is 3. The van der Waals surface area contributed by atoms with E-state index in [1.807, 2.05) is 25.2 Å². The van der Waals surface area contributed by atoms with Gasteiger partial charge in [-0.05, 0) is 73.6 Å². The number of nitrogens with one attached hydrogen (secondary N) is 1. The number of carbonyl (C=O) groups is 1. The summed E-state index contributed by atoms with van der Waals surface area (Å²) in [7, 11) is 0.737. The average molecular weight is 564 g/mol. The minimum Gasteiger partial charge on any atom is -0.381 e. The lowest BCUT2D eigenvalue weighted by atomic mass is 9.86. The molecule has 3 atom stereocenters. The molecule has 40 heavy (non-hydrogen) atoms. The predicted octanol–water partition coefficient (Wildman–Crippen LogP) is 5.89. The van der Waals surface area contributed by atoms with E-state index in [9.17, 15) is 4.79 Å². The van der Waals surface area contributed by atoms with Crippen molar-refractivity contribution in [2.45, 2.75) is 78.4 Å². The van der Waals surface area contributed by atoms with Crippen molar-refractivity contribution in [1.29, 1.82) is 0 Å². The maximum absolute atomic E-state index is 13.3. The summed E-state index contributed by atoms with van der Waals surface area (Å²) < 4.78 is 13.7. The second kappa shape index (κ2) is 10.4. The molecule has 0 spiro atoms. The first-order valence-electron chi connectivity index (χ1n) is 15.0. The van der Waals surface area contributed by atoms with Crippen molar-refractivity contribution in [3.05, 3.63) is 29.5 Å². The van der Waals surface area contributed by atoms with E-state index in [0.29, 0.717) is 18.1 Å². The van der Waals surface area contributed by atoms with Crippen molar-refractivity contribution >= 4 is 30.7 Å². The highest BCUT2D eigenvalue weighted by atomic mass is 28.3. The summed E-state index contributed by atoms with van der Waals surface area (Å²) in [5.74, 6) is 2.04. The van der Waals surface area contributed by atoms with Crippen LogP contribution in [0, 0.1) is 23.2 Å². The SMILES string of the molecule is C[C@@H](C(=O)N(C)c1ccc2nc(-c3nn(COCC[Si](C)(C)C)c4c3C[C@@H]3C[C@]3(C)C4)[nH]c2c1)C1CCOCC1. The molecule has 9 heteroatoms. The zero-order valence-electron chi connectivity index (χ0n) is 25.0. The van der Waals surface area contributed by atoms with Crippen molar-refractivity contribution in [2.24, 2.45) is 23.2 Å². The zero-order valence-corrected chi connectivity index (χ0v) is 26.0. The Bertz CT molecular complexity index is 1400. The molecule has 3 aromatic rings. The third-order valence-corrected chi connectivity index (χ3v) is 11.4. The molecule has 1 N–H and O–H groups in total. The number of aromatic nitrogens is 4. The van der Waals surface area contributed by atoms with E-state index in [0.717, 1.165) is 85.7 Å². The molecule has 0 radical (unpaired) electrons. The van der Waals surface area contributed by atoms with Gasteiger partial charge in [0, 0.05) is 57.8 Å². The van der Waals surface area contributed by atoms with Gasteiger partial charge in [-0.15, -0.1) is 0 Å². The van der Waals surface area contributed by atoms with E-state index in [4.69, 9.17) is 19.6 Å². The van der Waals surface area contributed by atoms with E-state index >= 15 is 0 Å². The molecule has 1 saturated carbocycles. The summed E-state index contributed by atoms with van der Waals surface area (Å²) in [5, 5.41) is 5.07. The first kappa shape index (κ1) is 27.7. The Labute approximate surface area is 238 Å². The van der Waals surface area contributed by atoms with Gasteiger partial charge in [0.2, 0.25) is 5.91 Å². The maximum Gasteiger partial charge on any atom is 0.229 e. The molecule has 2 aliphatic carbocycles. The number of carbonyl (C=O) groups excluding carboxylic acids is 1. The fourth-order valence-electron chi connectivity index (χ4n) is 6.61. The van der Waals surface area contributed by atoms with Gasteiger partial charge in [0.1, 0.15) is 12.4 Å². The highest BCUT2D eigenvalue weighted by Gasteiger charge is 2.54. The number of hydrogen-bond donors (Lipinski definition) is 1. The zero-order chi connectivity index (χ0) is 28.2. The van der Waals surface area contributed by atoms with Crippen LogP contribution in [-0.4, -0.2) is 60.6 Å². The lowest BCUT2D eigenvalue weighted by Crippen LogP contribution is -2.37. The quantitative estimate of drug-likeness (QED) is 0.259. The van der Waals surface area contributed by atoms with Crippen LogP contribution in [0.1, 0.15) is 44.4 Å². The van der Waals surface area contributed by atoms with Crippen LogP contribution in [0.15, 0.2) is 18.2 Å². The second-order valence-electron chi connectivity index (χ2n) is 14.0. The van der Waals surface area contributed by atoms with Crippen molar-refractivity contribution in [2.75, 3.05) is 31.8 Å². The Morgan fingerprint density at radius 1 is 1.30 bits per heavy atom. The van der Waals surface area contributed by atoms with Crippen LogP contribution in [0.2, 0.25) is 25.7 Å². The smallest absolute Gasteiger partial charge is 0.229 e. The molecule has 1 amide bonds. The summed E-state index contributed by atoms with van der Waals surface area (Å²) in [5.41, 5.74) is 6.68. The van der Waals surface area contributed by atoms with Gasteiger partial charge in [0.05, 0.1) is 11.0 Å². The standard InChI is InChI=1S/C31H45N5O3Si/c1-20(21-9-11-38-12-10-21)30(37)35(3)23-7-8-25-26(16-23)33-29(32-25)28-24-15-22-17-31(22,2)18-27(24)36(34-28)19-39-13-14-40(4,5)6/h7-8,16,20-22H,9-15,17-19H2,1-6H3,(H,32,33)/t20-,22-,31-/m1/s1. The van der Waals surface area contributed by atoms with Crippen LogP contribution in [0.4, 0.5) is 5.69 Å². The topological polar surface area (TPSA) is 85.3 Å². The van der Waals surface area contributed by atoms with Crippen LogP contribution in [0.25, 0.3) is 22.6 Å². The van der Waals surface area contributed by atoms with Crippen molar-refractivity contribution < 1.29 is 14.3 Å². The maximum atomic E-state index is 13.3. The summed E-state index contributed by atoms with van der Waals surface area (Å²) in [4.78, 5) is 23.6. The van der Waals surface area contributed by atoms with E-state index in [2.05, 4.69) is 43.2 Å². The number of nitrogens with zero attached hydrogens (tertiary/aromatic N) is 4. The number of H-pyrrole nitrogens is 1. The van der Waals surface area contributed by atoms with Crippen LogP contribution in [0.3, 0.4) is 0 Å². The number of imidazole rings is 1. The number of hydrogen-bond acceptors (Lipinski definition) is 5. The van der Waals surface area contributed by atoms with Gasteiger partial charge in [-0.25, -0.2) is 9.67 Å². The summed E-state index contributed by atoms with van der Waals surface area (Å²) in [6, 6.07) is 7.20. The first-order chi connectivity index (χ1) is 19.0.